The highest BCUT2D eigenvalue weighted by Crippen LogP contribution is 2.13. The Morgan fingerprint density at radius 2 is 1.91 bits per heavy atom. The molecule has 0 aliphatic heterocycles. The van der Waals surface area contributed by atoms with Gasteiger partial charge in [0.05, 0.1) is 18.3 Å². The lowest BCUT2D eigenvalue weighted by Crippen LogP contribution is -2.27. The van der Waals surface area contributed by atoms with Gasteiger partial charge in [0.25, 0.3) is 0 Å². The molecule has 0 unspecified atom stereocenters. The molecule has 0 atom stereocenters. The largest absolute Gasteiger partial charge is 0.341 e. The van der Waals surface area contributed by atoms with E-state index in [1.807, 2.05) is 35.1 Å². The van der Waals surface area contributed by atoms with Gasteiger partial charge in [0.1, 0.15) is 5.82 Å². The van der Waals surface area contributed by atoms with Crippen LogP contribution in [0.4, 0.5) is 4.39 Å². The van der Waals surface area contributed by atoms with E-state index in [1.54, 1.807) is 24.1 Å². The molecule has 0 aliphatic rings. The van der Waals surface area contributed by atoms with Crippen molar-refractivity contribution in [2.45, 2.75) is 19.5 Å². The molecule has 0 N–H and O–H groups in total. The lowest BCUT2D eigenvalue weighted by atomic mass is 10.2. The van der Waals surface area contributed by atoms with Crippen LogP contribution in [0.1, 0.15) is 12.0 Å². The van der Waals surface area contributed by atoms with Crippen molar-refractivity contribution in [2.24, 2.45) is 0 Å². The Morgan fingerprint density at radius 1 is 1.17 bits per heavy atom. The monoisotopic (exact) mass is 311 g/mol. The number of hydrogen-bond acceptors (Lipinski definition) is 2. The normalized spacial score (nSPS) is 10.9. The summed E-state index contributed by atoms with van der Waals surface area (Å²) in [6, 6.07) is 14.1. The Balaban J connectivity index is 1.59. The molecule has 0 aliphatic carbocycles. The summed E-state index contributed by atoms with van der Waals surface area (Å²) >= 11 is 0. The van der Waals surface area contributed by atoms with Crippen molar-refractivity contribution < 1.29 is 9.18 Å². The van der Waals surface area contributed by atoms with Gasteiger partial charge in [0, 0.05) is 25.4 Å². The fraction of sp³-hybridized carbons (Fsp3) is 0.222. The molecule has 0 saturated carbocycles. The van der Waals surface area contributed by atoms with Gasteiger partial charge in [-0.15, -0.1) is 0 Å². The molecule has 1 aromatic heterocycles. The number of para-hydroxylation sites is 1. The number of halogens is 1. The Hall–Kier alpha value is -2.69. The number of fused-ring (bicyclic) bond motifs is 1. The van der Waals surface area contributed by atoms with Crippen LogP contribution in [0.3, 0.4) is 0 Å². The molecular weight excluding hydrogens is 293 g/mol. The van der Waals surface area contributed by atoms with Crippen LogP contribution in [0.5, 0.6) is 0 Å². The van der Waals surface area contributed by atoms with Gasteiger partial charge in [-0.05, 0) is 23.8 Å². The number of hydrogen-bond donors (Lipinski definition) is 0. The van der Waals surface area contributed by atoms with E-state index in [2.05, 4.69) is 5.10 Å². The summed E-state index contributed by atoms with van der Waals surface area (Å²) in [5.74, 6) is -0.234. The Bertz CT molecular complexity index is 811. The number of carbonyl (C=O) groups excluding carboxylic acids is 1. The van der Waals surface area contributed by atoms with Crippen molar-refractivity contribution >= 4 is 16.8 Å². The third-order valence-corrected chi connectivity index (χ3v) is 3.85. The van der Waals surface area contributed by atoms with E-state index in [0.29, 0.717) is 19.5 Å². The first-order valence-electron chi connectivity index (χ1n) is 7.52. The van der Waals surface area contributed by atoms with Crippen LogP contribution in [0.25, 0.3) is 10.9 Å². The number of nitrogens with zero attached hydrogens (tertiary/aromatic N) is 3. The Kier molecular flexibility index (Phi) is 4.37. The highest BCUT2D eigenvalue weighted by atomic mass is 19.1. The first-order valence-corrected chi connectivity index (χ1v) is 7.52. The van der Waals surface area contributed by atoms with Crippen LogP contribution in [0.2, 0.25) is 0 Å². The molecule has 0 spiro atoms. The van der Waals surface area contributed by atoms with Gasteiger partial charge in [-0.2, -0.15) is 5.10 Å². The summed E-state index contributed by atoms with van der Waals surface area (Å²) in [7, 11) is 1.76. The molecule has 0 bridgehead atoms. The third kappa shape index (κ3) is 3.56. The summed E-state index contributed by atoms with van der Waals surface area (Å²) in [5, 5.41) is 5.39. The SMILES string of the molecule is CN(Cc1ccc(F)cc1)C(=O)CCn1ncc2ccccc21. The molecule has 1 heterocycles. The molecule has 4 nitrogen and oxygen atoms in total. The standard InChI is InChI=1S/C18H18FN3O/c1-21(13-14-6-8-16(19)9-7-14)18(23)10-11-22-17-5-3-2-4-15(17)12-20-22/h2-9,12H,10-11,13H2,1H3. The summed E-state index contributed by atoms with van der Waals surface area (Å²) in [6.45, 7) is 1.01. The summed E-state index contributed by atoms with van der Waals surface area (Å²) in [5.41, 5.74) is 1.94. The maximum absolute atomic E-state index is 12.9. The average molecular weight is 311 g/mol. The van der Waals surface area contributed by atoms with E-state index in [1.165, 1.54) is 12.1 Å². The number of benzene rings is 2. The van der Waals surface area contributed by atoms with Gasteiger partial charge < -0.3 is 4.90 Å². The Labute approximate surface area is 134 Å². The van der Waals surface area contributed by atoms with Gasteiger partial charge in [-0.25, -0.2) is 4.39 Å². The number of amides is 1. The van der Waals surface area contributed by atoms with Crippen LogP contribution < -0.4 is 0 Å². The zero-order chi connectivity index (χ0) is 16.2. The van der Waals surface area contributed by atoms with Gasteiger partial charge in [0.2, 0.25) is 5.91 Å². The minimum absolute atomic E-state index is 0.0360. The minimum Gasteiger partial charge on any atom is -0.341 e. The summed E-state index contributed by atoms with van der Waals surface area (Å²) in [6.07, 6.45) is 2.19. The molecule has 23 heavy (non-hydrogen) atoms. The summed E-state index contributed by atoms with van der Waals surface area (Å²) < 4.78 is 14.7. The number of carbonyl (C=O) groups is 1. The van der Waals surface area contributed by atoms with Gasteiger partial charge >= 0.3 is 0 Å². The molecular formula is C18H18FN3O. The van der Waals surface area contributed by atoms with Crippen LogP contribution in [-0.2, 0) is 17.9 Å². The van der Waals surface area contributed by atoms with Crippen molar-refractivity contribution in [2.75, 3.05) is 7.05 Å². The highest BCUT2D eigenvalue weighted by molar-refractivity contribution is 5.79. The first kappa shape index (κ1) is 15.2. The highest BCUT2D eigenvalue weighted by Gasteiger charge is 2.11. The lowest BCUT2D eigenvalue weighted by Gasteiger charge is -2.17. The van der Waals surface area contributed by atoms with E-state index < -0.39 is 0 Å². The van der Waals surface area contributed by atoms with Crippen LogP contribution >= 0.6 is 0 Å². The molecule has 0 fully saturated rings. The second-order valence-corrected chi connectivity index (χ2v) is 5.55. The molecule has 0 saturated heterocycles. The predicted molar refractivity (Wildman–Crippen MR) is 87.2 cm³/mol. The zero-order valence-corrected chi connectivity index (χ0v) is 12.9. The number of rotatable bonds is 5. The van der Waals surface area contributed by atoms with Gasteiger partial charge in [0.15, 0.2) is 0 Å². The molecule has 2 aromatic carbocycles. The van der Waals surface area contributed by atoms with Crippen LogP contribution in [-0.4, -0.2) is 27.6 Å². The average Bonchev–Trinajstić information content (AvgIpc) is 2.98. The van der Waals surface area contributed by atoms with Crippen molar-refractivity contribution in [1.82, 2.24) is 14.7 Å². The molecule has 3 rings (SSSR count). The molecule has 1 amide bonds. The topological polar surface area (TPSA) is 38.1 Å². The minimum atomic E-state index is -0.270. The first-order chi connectivity index (χ1) is 11.1. The van der Waals surface area contributed by atoms with Crippen molar-refractivity contribution in [1.29, 1.82) is 0 Å². The van der Waals surface area contributed by atoms with Crippen molar-refractivity contribution in [3.05, 3.63) is 66.1 Å². The van der Waals surface area contributed by atoms with Gasteiger partial charge in [-0.3, -0.25) is 9.48 Å². The maximum atomic E-state index is 12.9. The quantitative estimate of drug-likeness (QED) is 0.725. The van der Waals surface area contributed by atoms with Crippen molar-refractivity contribution in [3.8, 4) is 0 Å². The smallest absolute Gasteiger partial charge is 0.224 e. The van der Waals surface area contributed by atoms with E-state index in [9.17, 15) is 9.18 Å². The van der Waals surface area contributed by atoms with E-state index >= 15 is 0 Å². The predicted octanol–water partition coefficient (Wildman–Crippen LogP) is 3.22. The number of aryl methyl sites for hydroxylation is 1. The third-order valence-electron chi connectivity index (χ3n) is 3.85. The van der Waals surface area contributed by atoms with Crippen LogP contribution in [0, 0.1) is 5.82 Å². The van der Waals surface area contributed by atoms with E-state index in [-0.39, 0.29) is 11.7 Å². The second kappa shape index (κ2) is 6.60. The fourth-order valence-electron chi connectivity index (χ4n) is 2.55. The molecule has 118 valence electrons. The molecule has 0 radical (unpaired) electrons. The lowest BCUT2D eigenvalue weighted by molar-refractivity contribution is -0.130. The summed E-state index contributed by atoms with van der Waals surface area (Å²) in [4.78, 5) is 13.9. The zero-order valence-electron chi connectivity index (χ0n) is 12.9. The number of aromatic nitrogens is 2. The van der Waals surface area contributed by atoms with E-state index in [0.717, 1.165) is 16.5 Å². The van der Waals surface area contributed by atoms with Crippen LogP contribution in [0.15, 0.2) is 54.7 Å². The molecule has 3 aromatic rings. The fourth-order valence-corrected chi connectivity index (χ4v) is 2.55. The van der Waals surface area contributed by atoms with Crippen molar-refractivity contribution in [3.63, 3.8) is 0 Å². The van der Waals surface area contributed by atoms with Gasteiger partial charge in [-0.1, -0.05) is 30.3 Å². The van der Waals surface area contributed by atoms with E-state index in [4.69, 9.17) is 0 Å². The Morgan fingerprint density at radius 3 is 2.70 bits per heavy atom. The maximum Gasteiger partial charge on any atom is 0.224 e. The second-order valence-electron chi connectivity index (χ2n) is 5.55. The molecule has 5 heteroatoms.